The van der Waals surface area contributed by atoms with Gasteiger partial charge in [-0.25, -0.2) is 4.39 Å². The number of rotatable bonds is 3. The quantitative estimate of drug-likeness (QED) is 0.867. The van der Waals surface area contributed by atoms with Gasteiger partial charge in [-0.05, 0) is 49.6 Å². The van der Waals surface area contributed by atoms with E-state index in [1.165, 1.54) is 12.1 Å². The summed E-state index contributed by atoms with van der Waals surface area (Å²) in [5, 5.41) is 21.0. The second-order valence-corrected chi connectivity index (χ2v) is 7.91. The van der Waals surface area contributed by atoms with Crippen LogP contribution < -0.4 is 4.74 Å². The highest BCUT2D eigenvalue weighted by Crippen LogP contribution is 2.44. The third-order valence-corrected chi connectivity index (χ3v) is 5.87. The summed E-state index contributed by atoms with van der Waals surface area (Å²) in [6.07, 6.45) is 1.10. The molecule has 27 heavy (non-hydrogen) atoms. The fourth-order valence-corrected chi connectivity index (χ4v) is 4.24. The van der Waals surface area contributed by atoms with Crippen molar-refractivity contribution in [1.29, 1.82) is 0 Å². The average molecular weight is 371 g/mol. The summed E-state index contributed by atoms with van der Waals surface area (Å²) in [4.78, 5) is 2.21. The van der Waals surface area contributed by atoms with Gasteiger partial charge in [-0.1, -0.05) is 23.8 Å². The maximum Gasteiger partial charge on any atom is 0.125 e. The molecule has 2 heterocycles. The summed E-state index contributed by atoms with van der Waals surface area (Å²) in [7, 11) is 0. The van der Waals surface area contributed by atoms with Crippen molar-refractivity contribution in [2.24, 2.45) is 0 Å². The molecule has 144 valence electrons. The number of aliphatic hydroxyl groups excluding tert-OH is 2. The van der Waals surface area contributed by atoms with Gasteiger partial charge in [0.25, 0.3) is 0 Å². The zero-order valence-corrected chi connectivity index (χ0v) is 15.6. The normalized spacial score (nSPS) is 22.9. The van der Waals surface area contributed by atoms with E-state index in [9.17, 15) is 14.6 Å². The molecule has 4 nitrogen and oxygen atoms in total. The zero-order chi connectivity index (χ0) is 19.0. The van der Waals surface area contributed by atoms with Crippen LogP contribution in [0.4, 0.5) is 4.39 Å². The highest BCUT2D eigenvalue weighted by atomic mass is 19.1. The Hall–Kier alpha value is -1.95. The van der Waals surface area contributed by atoms with E-state index in [-0.39, 0.29) is 11.4 Å². The van der Waals surface area contributed by atoms with Gasteiger partial charge in [0, 0.05) is 31.6 Å². The number of nitrogens with zero attached hydrogens (tertiary/aromatic N) is 1. The first-order chi connectivity index (χ1) is 12.9. The highest BCUT2D eigenvalue weighted by molar-refractivity contribution is 5.41. The van der Waals surface area contributed by atoms with Crippen LogP contribution in [-0.4, -0.2) is 40.3 Å². The monoisotopic (exact) mass is 371 g/mol. The molecule has 2 aliphatic rings. The van der Waals surface area contributed by atoms with Gasteiger partial charge in [0.2, 0.25) is 0 Å². The van der Waals surface area contributed by atoms with Gasteiger partial charge in [0.1, 0.15) is 17.2 Å². The fraction of sp³-hybridized carbons (Fsp3) is 0.455. The first-order valence-corrected chi connectivity index (χ1v) is 9.58. The molecule has 2 atom stereocenters. The number of benzene rings is 2. The fourth-order valence-electron chi connectivity index (χ4n) is 4.24. The lowest BCUT2D eigenvalue weighted by Crippen LogP contribution is -2.51. The third kappa shape index (κ3) is 3.86. The number of ether oxygens (including phenoxy) is 1. The van der Waals surface area contributed by atoms with Gasteiger partial charge in [-0.3, -0.25) is 0 Å². The molecule has 0 aliphatic carbocycles. The van der Waals surface area contributed by atoms with Crippen molar-refractivity contribution < 1.29 is 19.3 Å². The van der Waals surface area contributed by atoms with E-state index in [1.54, 1.807) is 12.1 Å². The van der Waals surface area contributed by atoms with Crippen molar-refractivity contribution in [3.63, 3.8) is 0 Å². The lowest BCUT2D eigenvalue weighted by atomic mass is 9.81. The molecule has 0 bridgehead atoms. The van der Waals surface area contributed by atoms with Crippen LogP contribution >= 0.6 is 0 Å². The number of hydrogen-bond acceptors (Lipinski definition) is 4. The molecule has 2 aromatic carbocycles. The summed E-state index contributed by atoms with van der Waals surface area (Å²) >= 11 is 0. The van der Waals surface area contributed by atoms with Gasteiger partial charge in [-0.15, -0.1) is 0 Å². The zero-order valence-electron chi connectivity index (χ0n) is 15.6. The van der Waals surface area contributed by atoms with E-state index in [0.717, 1.165) is 48.4 Å². The van der Waals surface area contributed by atoms with E-state index in [1.807, 2.05) is 25.1 Å². The van der Waals surface area contributed by atoms with E-state index in [4.69, 9.17) is 4.74 Å². The van der Waals surface area contributed by atoms with Crippen molar-refractivity contribution in [2.45, 2.75) is 44.0 Å². The molecule has 5 heteroatoms. The number of hydrogen-bond donors (Lipinski definition) is 2. The van der Waals surface area contributed by atoms with Crippen molar-refractivity contribution in [3.8, 4) is 5.75 Å². The Kier molecular flexibility index (Phi) is 4.93. The van der Waals surface area contributed by atoms with Crippen LogP contribution in [0.1, 0.15) is 48.2 Å². The second-order valence-electron chi connectivity index (χ2n) is 7.91. The molecule has 2 N–H and O–H groups in total. The smallest absolute Gasteiger partial charge is 0.125 e. The second kappa shape index (κ2) is 7.23. The number of piperidine rings is 1. The topological polar surface area (TPSA) is 52.9 Å². The minimum absolute atomic E-state index is 0.297. The van der Waals surface area contributed by atoms with Crippen LogP contribution in [0.15, 0.2) is 42.5 Å². The van der Waals surface area contributed by atoms with Crippen LogP contribution in [0.3, 0.4) is 0 Å². The molecule has 0 saturated carbocycles. The molecule has 0 aromatic heterocycles. The number of halogens is 1. The number of aliphatic hydroxyl groups is 2. The van der Waals surface area contributed by atoms with Gasteiger partial charge in [0.15, 0.2) is 0 Å². The van der Waals surface area contributed by atoms with Gasteiger partial charge < -0.3 is 19.8 Å². The van der Waals surface area contributed by atoms with E-state index in [2.05, 4.69) is 4.90 Å². The molecule has 4 rings (SSSR count). The third-order valence-electron chi connectivity index (χ3n) is 5.87. The van der Waals surface area contributed by atoms with Gasteiger partial charge in [-0.2, -0.15) is 0 Å². The van der Waals surface area contributed by atoms with Crippen LogP contribution in [0.25, 0.3) is 0 Å². The number of aryl methyl sites for hydroxylation is 1. The predicted octanol–water partition coefficient (Wildman–Crippen LogP) is 3.52. The molecular weight excluding hydrogens is 345 g/mol. The molecule has 0 radical (unpaired) electrons. The summed E-state index contributed by atoms with van der Waals surface area (Å²) < 4.78 is 19.4. The van der Waals surface area contributed by atoms with Gasteiger partial charge >= 0.3 is 0 Å². The number of β-amino-alcohol motifs (C(OH)–C–C–N with tert-alkyl or cyclic N) is 1. The highest BCUT2D eigenvalue weighted by Gasteiger charge is 2.43. The van der Waals surface area contributed by atoms with Crippen LogP contribution in [0.2, 0.25) is 0 Å². The Morgan fingerprint density at radius 1 is 1.19 bits per heavy atom. The lowest BCUT2D eigenvalue weighted by Gasteiger charge is -2.46. The van der Waals surface area contributed by atoms with Crippen molar-refractivity contribution in [3.05, 3.63) is 65.0 Å². The molecule has 0 unspecified atom stereocenters. The maximum absolute atomic E-state index is 13.0. The first kappa shape index (κ1) is 18.4. The molecule has 1 fully saturated rings. The molecule has 0 amide bonds. The van der Waals surface area contributed by atoms with Crippen molar-refractivity contribution in [1.82, 2.24) is 4.90 Å². The van der Waals surface area contributed by atoms with Crippen LogP contribution in [0.5, 0.6) is 5.75 Å². The minimum atomic E-state index is -0.638. The molecule has 2 aromatic rings. The Morgan fingerprint density at radius 3 is 2.59 bits per heavy atom. The lowest BCUT2D eigenvalue weighted by molar-refractivity contribution is -0.0588. The summed E-state index contributed by atoms with van der Waals surface area (Å²) in [6.45, 7) is 4.13. The molecular formula is C22H26FNO3. The SMILES string of the molecule is Cc1ccc2c(c1)[C@@H](O)CC1(CCN(C[C@H](O)c3ccc(F)cc3)CC1)O2. The maximum atomic E-state index is 13.0. The summed E-state index contributed by atoms with van der Waals surface area (Å²) in [5.41, 5.74) is 2.40. The predicted molar refractivity (Wildman–Crippen MR) is 101 cm³/mol. The first-order valence-electron chi connectivity index (χ1n) is 9.58. The Morgan fingerprint density at radius 2 is 1.89 bits per heavy atom. The van der Waals surface area contributed by atoms with E-state index >= 15 is 0 Å². The Balaban J connectivity index is 1.39. The summed E-state index contributed by atoms with van der Waals surface area (Å²) in [5.74, 6) is 0.494. The minimum Gasteiger partial charge on any atom is -0.487 e. The standard InChI is InChI=1S/C22H26FNO3/c1-15-2-7-21-18(12-15)19(25)13-22(27-21)8-10-24(11-9-22)14-20(26)16-3-5-17(23)6-4-16/h2-7,12,19-20,25-26H,8-11,13-14H2,1H3/t19-,20-/m0/s1. The van der Waals surface area contributed by atoms with E-state index in [0.29, 0.717) is 13.0 Å². The molecule has 2 aliphatic heterocycles. The van der Waals surface area contributed by atoms with Crippen molar-refractivity contribution >= 4 is 0 Å². The molecule has 1 saturated heterocycles. The van der Waals surface area contributed by atoms with Gasteiger partial charge in [0.05, 0.1) is 12.2 Å². The van der Waals surface area contributed by atoms with Crippen LogP contribution in [0, 0.1) is 12.7 Å². The van der Waals surface area contributed by atoms with Crippen LogP contribution in [-0.2, 0) is 0 Å². The Labute approximate surface area is 159 Å². The van der Waals surface area contributed by atoms with E-state index < -0.39 is 12.2 Å². The summed E-state index contributed by atoms with van der Waals surface area (Å²) in [6, 6.07) is 12.0. The number of likely N-dealkylation sites (tertiary alicyclic amines) is 1. The largest absolute Gasteiger partial charge is 0.487 e. The number of fused-ring (bicyclic) bond motifs is 1. The average Bonchev–Trinajstić information content (AvgIpc) is 2.65. The Bertz CT molecular complexity index is 800. The van der Waals surface area contributed by atoms with Crippen molar-refractivity contribution in [2.75, 3.05) is 19.6 Å². The molecule has 1 spiro atoms.